The van der Waals surface area contributed by atoms with Crippen molar-refractivity contribution >= 4 is 7.60 Å². The molecule has 0 saturated carbocycles. The molecular weight excluding hydrogens is 351 g/mol. The fourth-order valence-corrected chi connectivity index (χ4v) is 3.05. The highest BCUT2D eigenvalue weighted by Crippen LogP contribution is 2.52. The Balaban J connectivity index is 0.000000195. The smallest absolute Gasteiger partial charge is 0.356 e. The van der Waals surface area contributed by atoms with Crippen molar-refractivity contribution in [3.8, 4) is 0 Å². The number of ether oxygens (including phenoxy) is 1. The predicted molar refractivity (Wildman–Crippen MR) is 105 cm³/mol. The number of nitrogens with two attached hydrogens (primary N) is 2. The van der Waals surface area contributed by atoms with Crippen LogP contribution >= 0.6 is 7.60 Å². The van der Waals surface area contributed by atoms with E-state index in [0.29, 0.717) is 0 Å². The number of hydrogen-bond donors (Lipinski definition) is 4. The van der Waals surface area contributed by atoms with Gasteiger partial charge in [-0.25, -0.2) is 0 Å². The fraction of sp³-hybridized carbons (Fsp3) is 0.368. The number of benzene rings is 2. The summed E-state index contributed by atoms with van der Waals surface area (Å²) in [5.41, 5.74) is 13.4. The lowest BCUT2D eigenvalue weighted by Crippen LogP contribution is -2.01. The van der Waals surface area contributed by atoms with Gasteiger partial charge in [0.1, 0.15) is 0 Å². The van der Waals surface area contributed by atoms with Crippen molar-refractivity contribution in [3.05, 3.63) is 71.8 Å². The van der Waals surface area contributed by atoms with Crippen LogP contribution in [-0.4, -0.2) is 34.8 Å². The van der Waals surface area contributed by atoms with Gasteiger partial charge in [-0.2, -0.15) is 0 Å². The molecule has 144 valence electrons. The topological polar surface area (TPSA) is 122 Å². The van der Waals surface area contributed by atoms with Gasteiger partial charge in [0.05, 0.1) is 6.10 Å². The molecule has 0 aliphatic carbocycles. The Morgan fingerprint density at radius 2 is 1.23 bits per heavy atom. The third kappa shape index (κ3) is 9.82. The number of rotatable bonds is 5. The molecule has 2 aromatic rings. The van der Waals surface area contributed by atoms with Crippen LogP contribution in [0.4, 0.5) is 0 Å². The lowest BCUT2D eigenvalue weighted by atomic mass is 10.2. The first kappa shape index (κ1) is 22.5. The third-order valence-corrected chi connectivity index (χ3v) is 4.77. The van der Waals surface area contributed by atoms with Crippen molar-refractivity contribution in [2.24, 2.45) is 11.5 Å². The summed E-state index contributed by atoms with van der Waals surface area (Å²) in [6.45, 7) is 3.11. The minimum absolute atomic E-state index is 0.254. The van der Waals surface area contributed by atoms with Crippen molar-refractivity contribution in [1.82, 2.24) is 0 Å². The molecule has 0 spiro atoms. The van der Waals surface area contributed by atoms with E-state index >= 15 is 0 Å². The molecule has 26 heavy (non-hydrogen) atoms. The van der Waals surface area contributed by atoms with Gasteiger partial charge in [-0.3, -0.25) is 4.57 Å². The molecule has 2 atom stereocenters. The molecule has 1 aliphatic heterocycles. The summed E-state index contributed by atoms with van der Waals surface area (Å²) in [7, 11) is -3.90. The SMILES string of the molecule is C[C@H]1O[C@H]1P(=O)(O)O.NCCc1ccccc1.NCCc1ccccc1. The Bertz CT molecular complexity index is 608. The van der Waals surface area contributed by atoms with Crippen LogP contribution < -0.4 is 11.5 Å². The zero-order valence-electron chi connectivity index (χ0n) is 15.1. The van der Waals surface area contributed by atoms with Crippen LogP contribution in [0.15, 0.2) is 60.7 Å². The van der Waals surface area contributed by atoms with Gasteiger partial charge >= 0.3 is 7.60 Å². The highest BCUT2D eigenvalue weighted by atomic mass is 31.2. The van der Waals surface area contributed by atoms with Gasteiger partial charge in [0.2, 0.25) is 0 Å². The largest absolute Gasteiger partial charge is 0.356 e. The average molecular weight is 380 g/mol. The second kappa shape index (κ2) is 12.0. The monoisotopic (exact) mass is 380 g/mol. The molecule has 0 unspecified atom stereocenters. The fourth-order valence-electron chi connectivity index (χ4n) is 2.15. The van der Waals surface area contributed by atoms with Gasteiger partial charge in [0.25, 0.3) is 0 Å². The average Bonchev–Trinajstić information content (AvgIpc) is 3.36. The van der Waals surface area contributed by atoms with Crippen LogP contribution in [-0.2, 0) is 22.1 Å². The predicted octanol–water partition coefficient (Wildman–Crippen LogP) is 2.28. The molecular formula is C19H29N2O4P. The van der Waals surface area contributed by atoms with Gasteiger partial charge in [-0.15, -0.1) is 0 Å². The maximum absolute atomic E-state index is 10.2. The first-order valence-electron chi connectivity index (χ1n) is 8.57. The zero-order valence-corrected chi connectivity index (χ0v) is 16.0. The minimum Gasteiger partial charge on any atom is -0.356 e. The van der Waals surface area contributed by atoms with Crippen LogP contribution in [0.5, 0.6) is 0 Å². The Kier molecular flexibility index (Phi) is 10.4. The second-order valence-corrected chi connectivity index (χ2v) is 7.56. The number of epoxide rings is 1. The molecule has 2 aromatic carbocycles. The summed E-state index contributed by atoms with van der Waals surface area (Å²) in [5.74, 6) is -0.817. The Labute approximate surface area is 155 Å². The summed E-state index contributed by atoms with van der Waals surface area (Å²) in [6.07, 6.45) is 1.72. The van der Waals surface area contributed by atoms with E-state index < -0.39 is 13.4 Å². The highest BCUT2D eigenvalue weighted by molar-refractivity contribution is 7.52. The normalized spacial score (nSPS) is 18.0. The van der Waals surface area contributed by atoms with E-state index in [1.54, 1.807) is 6.92 Å². The minimum atomic E-state index is -3.90. The molecule has 0 aromatic heterocycles. The van der Waals surface area contributed by atoms with E-state index in [2.05, 4.69) is 29.0 Å². The Morgan fingerprint density at radius 1 is 0.885 bits per heavy atom. The lowest BCUT2D eigenvalue weighted by Gasteiger charge is -1.93. The molecule has 1 aliphatic rings. The Morgan fingerprint density at radius 3 is 1.42 bits per heavy atom. The van der Waals surface area contributed by atoms with E-state index in [1.807, 2.05) is 36.4 Å². The quantitative estimate of drug-likeness (QED) is 0.466. The maximum atomic E-state index is 10.2. The molecule has 1 fully saturated rings. The molecule has 0 bridgehead atoms. The van der Waals surface area contributed by atoms with Crippen molar-refractivity contribution in [3.63, 3.8) is 0 Å². The molecule has 6 nitrogen and oxygen atoms in total. The molecule has 6 N–H and O–H groups in total. The van der Waals surface area contributed by atoms with Crippen molar-refractivity contribution in [2.45, 2.75) is 31.7 Å². The van der Waals surface area contributed by atoms with E-state index in [9.17, 15) is 4.57 Å². The van der Waals surface area contributed by atoms with Crippen LogP contribution in [0.3, 0.4) is 0 Å². The van der Waals surface area contributed by atoms with Gasteiger partial charge in [0.15, 0.2) is 5.85 Å². The maximum Gasteiger partial charge on any atom is 0.356 e. The third-order valence-electron chi connectivity index (χ3n) is 3.56. The van der Waals surface area contributed by atoms with E-state index in [1.165, 1.54) is 11.1 Å². The van der Waals surface area contributed by atoms with Gasteiger partial charge in [0, 0.05) is 0 Å². The van der Waals surface area contributed by atoms with Crippen LogP contribution in [0, 0.1) is 0 Å². The van der Waals surface area contributed by atoms with Gasteiger partial charge < -0.3 is 26.0 Å². The van der Waals surface area contributed by atoms with E-state index in [0.717, 1.165) is 25.9 Å². The van der Waals surface area contributed by atoms with Crippen LogP contribution in [0.25, 0.3) is 0 Å². The van der Waals surface area contributed by atoms with Crippen molar-refractivity contribution in [1.29, 1.82) is 0 Å². The first-order valence-corrected chi connectivity index (χ1v) is 10.2. The second-order valence-electron chi connectivity index (χ2n) is 5.87. The van der Waals surface area contributed by atoms with Crippen molar-refractivity contribution < 1.29 is 19.1 Å². The molecule has 3 rings (SSSR count). The summed E-state index contributed by atoms with van der Waals surface area (Å²) in [4.78, 5) is 16.6. The zero-order chi connectivity index (χ0) is 19.4. The van der Waals surface area contributed by atoms with Gasteiger partial charge in [-0.05, 0) is 44.0 Å². The summed E-state index contributed by atoms with van der Waals surface area (Å²) in [5, 5.41) is 0. The van der Waals surface area contributed by atoms with Gasteiger partial charge in [-0.1, -0.05) is 60.7 Å². The van der Waals surface area contributed by atoms with E-state index in [4.69, 9.17) is 21.3 Å². The standard InChI is InChI=1S/2C8H11N.C3H7O4P/c2*9-7-6-8-4-2-1-3-5-8;1-2-3(7-2)8(4,5)6/h2*1-5H,6-7,9H2;2-3H,1H3,(H2,4,5,6)/t;;2-,3+/m..1/s1. The molecule has 0 amide bonds. The highest BCUT2D eigenvalue weighted by Gasteiger charge is 2.48. The molecule has 1 heterocycles. The molecule has 7 heteroatoms. The van der Waals surface area contributed by atoms with Crippen molar-refractivity contribution in [2.75, 3.05) is 13.1 Å². The molecule has 1 saturated heterocycles. The Hall–Kier alpha value is -1.53. The summed E-state index contributed by atoms with van der Waals surface area (Å²) >= 11 is 0. The lowest BCUT2D eigenvalue weighted by molar-refractivity contribution is 0.333. The first-order chi connectivity index (χ1) is 12.4. The van der Waals surface area contributed by atoms with Crippen LogP contribution in [0.2, 0.25) is 0 Å². The number of hydrogen-bond acceptors (Lipinski definition) is 4. The van der Waals surface area contributed by atoms with Crippen LogP contribution in [0.1, 0.15) is 18.1 Å². The summed E-state index contributed by atoms with van der Waals surface area (Å²) in [6, 6.07) is 20.5. The summed E-state index contributed by atoms with van der Waals surface area (Å²) < 4.78 is 14.7. The molecule has 0 radical (unpaired) electrons. The van der Waals surface area contributed by atoms with E-state index in [-0.39, 0.29) is 6.10 Å².